The van der Waals surface area contributed by atoms with Gasteiger partial charge in [-0.3, -0.25) is 0 Å². The van der Waals surface area contributed by atoms with E-state index >= 15 is 0 Å². The lowest BCUT2D eigenvalue weighted by Crippen LogP contribution is -2.11. The van der Waals surface area contributed by atoms with Crippen molar-refractivity contribution in [2.24, 2.45) is 5.73 Å². The Morgan fingerprint density at radius 1 is 1.50 bits per heavy atom. The summed E-state index contributed by atoms with van der Waals surface area (Å²) in [5, 5.41) is 0.531. The zero-order chi connectivity index (χ0) is 9.84. The zero-order valence-corrected chi connectivity index (χ0v) is 9.54. The predicted octanol–water partition coefficient (Wildman–Crippen LogP) is 3.70. The van der Waals surface area contributed by atoms with Gasteiger partial charge in [0, 0.05) is 16.6 Å². The summed E-state index contributed by atoms with van der Waals surface area (Å²) in [6.45, 7) is 2.02. The lowest BCUT2D eigenvalue weighted by molar-refractivity contribution is 0.560. The number of hydrogen-bond acceptors (Lipinski definition) is 1. The molecule has 0 heterocycles. The van der Waals surface area contributed by atoms with Crippen LogP contribution in [0.5, 0.6) is 0 Å². The molecule has 0 radical (unpaired) electrons. The second-order valence-corrected chi connectivity index (χ2v) is 3.50. The largest absolute Gasteiger partial charge is 0.324 e. The summed E-state index contributed by atoms with van der Waals surface area (Å²) in [6.07, 6.45) is 1.71. The minimum atomic E-state index is -0.273. The molecule has 0 aliphatic heterocycles. The van der Waals surface area contributed by atoms with Gasteiger partial charge in [-0.15, -0.1) is 12.4 Å². The molecule has 80 valence electrons. The molecule has 14 heavy (non-hydrogen) atoms. The van der Waals surface area contributed by atoms with Crippen LogP contribution in [-0.4, -0.2) is 0 Å². The quantitative estimate of drug-likeness (QED) is 0.853. The molecule has 0 aliphatic carbocycles. The standard InChI is InChI=1S/C10H13ClFN.ClH/c1-2-3-10(13)8-6-7(11)4-5-9(8)12;/h4-6,10H,2-3,13H2,1H3;1H/t10-;/m1./s1. The minimum absolute atomic E-state index is 0. The Hall–Kier alpha value is -0.310. The molecule has 0 aliphatic rings. The average molecular weight is 238 g/mol. The fourth-order valence-corrected chi connectivity index (χ4v) is 1.45. The third-order valence-electron chi connectivity index (χ3n) is 1.96. The lowest BCUT2D eigenvalue weighted by Gasteiger charge is -2.11. The predicted molar refractivity (Wildman–Crippen MR) is 60.5 cm³/mol. The Balaban J connectivity index is 0.00000169. The van der Waals surface area contributed by atoms with Gasteiger partial charge >= 0.3 is 0 Å². The first kappa shape index (κ1) is 13.7. The molecule has 1 rings (SSSR count). The van der Waals surface area contributed by atoms with Crippen molar-refractivity contribution in [3.8, 4) is 0 Å². The Bertz CT molecular complexity index is 291. The van der Waals surface area contributed by atoms with Gasteiger partial charge in [-0.05, 0) is 24.6 Å². The van der Waals surface area contributed by atoms with Crippen LogP contribution in [0.15, 0.2) is 18.2 Å². The Morgan fingerprint density at radius 3 is 2.71 bits per heavy atom. The van der Waals surface area contributed by atoms with Gasteiger partial charge in [0.1, 0.15) is 5.82 Å². The summed E-state index contributed by atoms with van der Waals surface area (Å²) < 4.78 is 13.2. The second-order valence-electron chi connectivity index (χ2n) is 3.06. The zero-order valence-electron chi connectivity index (χ0n) is 7.97. The van der Waals surface area contributed by atoms with Crippen molar-refractivity contribution in [3.05, 3.63) is 34.6 Å². The van der Waals surface area contributed by atoms with Crippen molar-refractivity contribution >= 4 is 24.0 Å². The first-order valence-corrected chi connectivity index (χ1v) is 4.73. The van der Waals surface area contributed by atoms with Crippen molar-refractivity contribution in [3.63, 3.8) is 0 Å². The van der Waals surface area contributed by atoms with E-state index in [0.717, 1.165) is 12.8 Å². The highest BCUT2D eigenvalue weighted by Crippen LogP contribution is 2.22. The van der Waals surface area contributed by atoms with E-state index in [0.29, 0.717) is 10.6 Å². The fraction of sp³-hybridized carbons (Fsp3) is 0.400. The Morgan fingerprint density at radius 2 is 2.14 bits per heavy atom. The Labute approximate surface area is 94.9 Å². The second kappa shape index (κ2) is 6.23. The third kappa shape index (κ3) is 3.45. The van der Waals surface area contributed by atoms with Crippen molar-refractivity contribution in [2.45, 2.75) is 25.8 Å². The average Bonchev–Trinajstić information content (AvgIpc) is 2.09. The van der Waals surface area contributed by atoms with Gasteiger partial charge < -0.3 is 5.73 Å². The van der Waals surface area contributed by atoms with Gasteiger partial charge in [0.15, 0.2) is 0 Å². The third-order valence-corrected chi connectivity index (χ3v) is 2.19. The summed E-state index contributed by atoms with van der Waals surface area (Å²) in [5.74, 6) is -0.273. The summed E-state index contributed by atoms with van der Waals surface area (Å²) >= 11 is 5.74. The van der Waals surface area contributed by atoms with Gasteiger partial charge in [-0.25, -0.2) is 4.39 Å². The van der Waals surface area contributed by atoms with Crippen molar-refractivity contribution < 1.29 is 4.39 Å². The van der Waals surface area contributed by atoms with Crippen LogP contribution in [-0.2, 0) is 0 Å². The molecule has 0 unspecified atom stereocenters. The summed E-state index contributed by atoms with van der Waals surface area (Å²) in [6, 6.07) is 4.23. The molecular formula is C10H14Cl2FN. The van der Waals surface area contributed by atoms with Gasteiger partial charge in [0.25, 0.3) is 0 Å². The molecule has 0 saturated heterocycles. The van der Waals surface area contributed by atoms with E-state index < -0.39 is 0 Å². The van der Waals surface area contributed by atoms with E-state index in [4.69, 9.17) is 17.3 Å². The molecule has 1 aromatic carbocycles. The number of rotatable bonds is 3. The van der Waals surface area contributed by atoms with Gasteiger partial charge in [-0.1, -0.05) is 24.9 Å². The van der Waals surface area contributed by atoms with E-state index in [1.54, 1.807) is 6.07 Å². The van der Waals surface area contributed by atoms with Crippen LogP contribution in [0.25, 0.3) is 0 Å². The van der Waals surface area contributed by atoms with Crippen LogP contribution in [0.3, 0.4) is 0 Å². The molecular weight excluding hydrogens is 224 g/mol. The van der Waals surface area contributed by atoms with Crippen LogP contribution in [0, 0.1) is 5.82 Å². The number of halogens is 3. The van der Waals surface area contributed by atoms with Crippen LogP contribution in [0.1, 0.15) is 31.4 Å². The van der Waals surface area contributed by atoms with Crippen molar-refractivity contribution in [1.82, 2.24) is 0 Å². The number of benzene rings is 1. The minimum Gasteiger partial charge on any atom is -0.324 e. The molecule has 0 bridgehead atoms. The fourth-order valence-electron chi connectivity index (χ4n) is 1.27. The van der Waals surface area contributed by atoms with Crippen LogP contribution >= 0.6 is 24.0 Å². The van der Waals surface area contributed by atoms with E-state index in [2.05, 4.69) is 0 Å². The Kier molecular flexibility index (Phi) is 6.09. The molecule has 1 atom stereocenters. The van der Waals surface area contributed by atoms with E-state index in [1.165, 1.54) is 12.1 Å². The summed E-state index contributed by atoms with van der Waals surface area (Å²) in [7, 11) is 0. The lowest BCUT2D eigenvalue weighted by atomic mass is 10.0. The first-order valence-electron chi connectivity index (χ1n) is 4.35. The van der Waals surface area contributed by atoms with Gasteiger partial charge in [0.05, 0.1) is 0 Å². The molecule has 0 saturated carbocycles. The molecule has 0 amide bonds. The van der Waals surface area contributed by atoms with Crippen LogP contribution in [0.2, 0.25) is 5.02 Å². The molecule has 4 heteroatoms. The van der Waals surface area contributed by atoms with E-state index in [9.17, 15) is 4.39 Å². The molecule has 0 fully saturated rings. The van der Waals surface area contributed by atoms with E-state index in [-0.39, 0.29) is 24.3 Å². The maximum Gasteiger partial charge on any atom is 0.128 e. The summed E-state index contributed by atoms with van der Waals surface area (Å²) in [5.41, 5.74) is 6.29. The van der Waals surface area contributed by atoms with Gasteiger partial charge in [-0.2, -0.15) is 0 Å². The molecule has 1 nitrogen and oxygen atoms in total. The monoisotopic (exact) mass is 237 g/mol. The number of hydrogen-bond donors (Lipinski definition) is 1. The topological polar surface area (TPSA) is 26.0 Å². The van der Waals surface area contributed by atoms with Crippen molar-refractivity contribution in [2.75, 3.05) is 0 Å². The highest BCUT2D eigenvalue weighted by molar-refractivity contribution is 6.30. The molecule has 2 N–H and O–H groups in total. The highest BCUT2D eigenvalue weighted by atomic mass is 35.5. The first-order chi connectivity index (χ1) is 6.15. The normalized spacial score (nSPS) is 12.0. The number of nitrogens with two attached hydrogens (primary N) is 1. The SMILES string of the molecule is CCC[C@@H](N)c1cc(Cl)ccc1F.Cl. The van der Waals surface area contributed by atoms with E-state index in [1.807, 2.05) is 6.92 Å². The van der Waals surface area contributed by atoms with Crippen LogP contribution < -0.4 is 5.73 Å². The van der Waals surface area contributed by atoms with Crippen molar-refractivity contribution in [1.29, 1.82) is 0 Å². The highest BCUT2D eigenvalue weighted by Gasteiger charge is 2.10. The van der Waals surface area contributed by atoms with Crippen LogP contribution in [0.4, 0.5) is 4.39 Å². The molecule has 0 spiro atoms. The molecule has 1 aromatic rings. The maximum atomic E-state index is 13.2. The smallest absolute Gasteiger partial charge is 0.128 e. The maximum absolute atomic E-state index is 13.2. The summed E-state index contributed by atoms with van der Waals surface area (Å²) in [4.78, 5) is 0. The molecule has 0 aromatic heterocycles. The van der Waals surface area contributed by atoms with Gasteiger partial charge in [0.2, 0.25) is 0 Å².